The van der Waals surface area contributed by atoms with Crippen LogP contribution in [0.2, 0.25) is 0 Å². The van der Waals surface area contributed by atoms with Crippen LogP contribution in [-0.4, -0.2) is 58.6 Å². The van der Waals surface area contributed by atoms with Crippen molar-refractivity contribution >= 4 is 22.4 Å². The molecule has 1 aromatic heterocycles. The monoisotopic (exact) mass is 381 g/mol. The zero-order valence-corrected chi connectivity index (χ0v) is 16.6. The Bertz CT molecular complexity index is 940. The van der Waals surface area contributed by atoms with E-state index in [1.54, 1.807) is 0 Å². The van der Waals surface area contributed by atoms with Gasteiger partial charge in [-0.2, -0.15) is 0 Å². The number of hydrogen-bond donors (Lipinski definition) is 1. The first-order chi connectivity index (χ1) is 13.6. The highest BCUT2D eigenvalue weighted by molar-refractivity contribution is 5.99. The lowest BCUT2D eigenvalue weighted by atomic mass is 9.79. The van der Waals surface area contributed by atoms with Gasteiger partial charge in [0.2, 0.25) is 5.91 Å². The van der Waals surface area contributed by atoms with E-state index in [1.807, 2.05) is 4.90 Å². The van der Waals surface area contributed by atoms with Crippen LogP contribution in [0.4, 0.5) is 4.39 Å². The first kappa shape index (κ1) is 17.9. The normalized spacial score (nSPS) is 29.4. The molecule has 4 atom stereocenters. The molecule has 28 heavy (non-hydrogen) atoms. The number of hydrogen-bond acceptors (Lipinski definition) is 2. The molecule has 3 aliphatic rings. The number of H-pyrrole nitrogens is 1. The van der Waals surface area contributed by atoms with E-state index in [4.69, 9.17) is 0 Å². The van der Waals surface area contributed by atoms with Gasteiger partial charge in [0.05, 0.1) is 12.6 Å². The quantitative estimate of drug-likeness (QED) is 0.876. The summed E-state index contributed by atoms with van der Waals surface area (Å²) in [5.74, 6) is 0.0845. The van der Waals surface area contributed by atoms with Crippen LogP contribution in [0.25, 0.3) is 16.5 Å². The number of benzene rings is 1. The van der Waals surface area contributed by atoms with Gasteiger partial charge in [-0.25, -0.2) is 0 Å². The number of fused-ring (bicyclic) bond motifs is 2. The largest absolute Gasteiger partial charge is 0.361 e. The standard InChI is InChI=1S/C23H28FN3O/c1-14-9-15(2)27(14)23(28)17-10-19-18-5-3-6-20-22(18)16(12-25-20)11-21(19)26(13-17)8-4-7-24/h3,5-6,10,12,14-15,17,21,25H,4,7-9,11,13H2,1-2H3/t14-,15-,17+,21+/m0/s1. The van der Waals surface area contributed by atoms with Crippen LogP contribution in [0.5, 0.6) is 0 Å². The van der Waals surface area contributed by atoms with Crippen LogP contribution in [0.15, 0.2) is 30.5 Å². The number of nitrogens with zero attached hydrogens (tertiary/aromatic N) is 2. The van der Waals surface area contributed by atoms with Crippen LogP contribution < -0.4 is 0 Å². The van der Waals surface area contributed by atoms with Gasteiger partial charge in [-0.05, 0) is 55.9 Å². The van der Waals surface area contributed by atoms with E-state index < -0.39 is 0 Å². The molecule has 0 radical (unpaired) electrons. The Kier molecular flexibility index (Phi) is 4.31. The van der Waals surface area contributed by atoms with Crippen molar-refractivity contribution in [3.8, 4) is 0 Å². The van der Waals surface area contributed by atoms with Crippen molar-refractivity contribution in [3.63, 3.8) is 0 Å². The summed E-state index contributed by atoms with van der Waals surface area (Å²) in [4.78, 5) is 21.1. The van der Waals surface area contributed by atoms with Crippen molar-refractivity contribution < 1.29 is 9.18 Å². The molecule has 1 aromatic carbocycles. The SMILES string of the molecule is C[C@H]1C[C@H](C)N1C(=O)[C@@H]1C=C2c3cccc4[nH]cc(c34)C[C@H]2N(CCCF)C1. The Morgan fingerprint density at radius 3 is 2.86 bits per heavy atom. The van der Waals surface area contributed by atoms with E-state index in [1.165, 1.54) is 22.1 Å². The number of amides is 1. The first-order valence-electron chi connectivity index (χ1n) is 10.5. The van der Waals surface area contributed by atoms with E-state index in [-0.39, 0.29) is 24.5 Å². The minimum Gasteiger partial charge on any atom is -0.361 e. The number of alkyl halides is 1. The Balaban J connectivity index is 1.56. The molecular formula is C23H28FN3O. The Morgan fingerprint density at radius 2 is 2.11 bits per heavy atom. The van der Waals surface area contributed by atoms with Crippen molar-refractivity contribution in [2.24, 2.45) is 5.92 Å². The Hall–Kier alpha value is -2.14. The van der Waals surface area contributed by atoms with Gasteiger partial charge in [-0.15, -0.1) is 0 Å². The van der Waals surface area contributed by atoms with E-state index in [0.29, 0.717) is 31.6 Å². The number of rotatable bonds is 4. The van der Waals surface area contributed by atoms with Crippen molar-refractivity contribution in [3.05, 3.63) is 41.6 Å². The number of nitrogens with one attached hydrogen (secondary N) is 1. The number of aromatic amines is 1. The lowest BCUT2D eigenvalue weighted by molar-refractivity contribution is -0.146. The zero-order valence-electron chi connectivity index (χ0n) is 16.6. The molecular weight excluding hydrogens is 353 g/mol. The van der Waals surface area contributed by atoms with Crippen LogP contribution in [-0.2, 0) is 11.2 Å². The number of carbonyl (C=O) groups excluding carboxylic acids is 1. The summed E-state index contributed by atoms with van der Waals surface area (Å²) in [6, 6.07) is 7.24. The molecule has 2 aliphatic heterocycles. The summed E-state index contributed by atoms with van der Waals surface area (Å²) in [7, 11) is 0. The topological polar surface area (TPSA) is 39.3 Å². The fourth-order valence-electron chi connectivity index (χ4n) is 5.63. The second kappa shape index (κ2) is 6.73. The molecule has 1 saturated heterocycles. The second-order valence-electron chi connectivity index (χ2n) is 8.71. The minimum atomic E-state index is -0.313. The third-order valence-electron chi connectivity index (χ3n) is 6.91. The molecule has 1 fully saturated rings. The highest BCUT2D eigenvalue weighted by Gasteiger charge is 2.42. The van der Waals surface area contributed by atoms with Gasteiger partial charge in [0.1, 0.15) is 0 Å². The number of halogens is 1. The number of carbonyl (C=O) groups is 1. The molecule has 1 aliphatic carbocycles. The molecule has 0 unspecified atom stereocenters. The van der Waals surface area contributed by atoms with Crippen LogP contribution in [0, 0.1) is 5.92 Å². The van der Waals surface area contributed by atoms with Crippen molar-refractivity contribution in [1.82, 2.24) is 14.8 Å². The molecule has 2 aromatic rings. The summed E-state index contributed by atoms with van der Waals surface area (Å²) < 4.78 is 13.0. The molecule has 4 nitrogen and oxygen atoms in total. The maximum atomic E-state index is 13.3. The van der Waals surface area contributed by atoms with Crippen molar-refractivity contribution in [2.75, 3.05) is 19.8 Å². The Labute approximate surface area is 165 Å². The molecule has 1 N–H and O–H groups in total. The maximum Gasteiger partial charge on any atom is 0.231 e. The smallest absolute Gasteiger partial charge is 0.231 e. The molecule has 0 spiro atoms. The van der Waals surface area contributed by atoms with Gasteiger partial charge >= 0.3 is 0 Å². The fraction of sp³-hybridized carbons (Fsp3) is 0.522. The number of aromatic nitrogens is 1. The van der Waals surface area contributed by atoms with Crippen LogP contribution >= 0.6 is 0 Å². The lowest BCUT2D eigenvalue weighted by Crippen LogP contribution is -2.59. The molecule has 148 valence electrons. The average Bonchev–Trinajstić information content (AvgIpc) is 3.10. The summed E-state index contributed by atoms with van der Waals surface area (Å²) >= 11 is 0. The molecule has 3 heterocycles. The van der Waals surface area contributed by atoms with Gasteiger partial charge in [0.25, 0.3) is 0 Å². The second-order valence-corrected chi connectivity index (χ2v) is 8.71. The van der Waals surface area contributed by atoms with E-state index >= 15 is 0 Å². The minimum absolute atomic E-state index is 0.146. The highest BCUT2D eigenvalue weighted by Crippen LogP contribution is 2.42. The molecule has 0 bridgehead atoms. The van der Waals surface area contributed by atoms with Gasteiger partial charge in [0, 0.05) is 48.3 Å². The van der Waals surface area contributed by atoms with E-state index in [9.17, 15) is 9.18 Å². The van der Waals surface area contributed by atoms with E-state index in [2.05, 4.69) is 54.2 Å². The summed E-state index contributed by atoms with van der Waals surface area (Å²) in [6.07, 6.45) is 6.85. The predicted octanol–water partition coefficient (Wildman–Crippen LogP) is 3.78. The van der Waals surface area contributed by atoms with E-state index in [0.717, 1.165) is 18.4 Å². The third-order valence-corrected chi connectivity index (χ3v) is 6.91. The molecule has 0 saturated carbocycles. The van der Waals surface area contributed by atoms with Crippen LogP contribution in [0.3, 0.4) is 0 Å². The first-order valence-corrected chi connectivity index (χ1v) is 10.5. The van der Waals surface area contributed by atoms with Gasteiger partial charge in [-0.1, -0.05) is 18.2 Å². The molecule has 5 heteroatoms. The molecule has 1 amide bonds. The van der Waals surface area contributed by atoms with Gasteiger partial charge < -0.3 is 9.88 Å². The van der Waals surface area contributed by atoms with Gasteiger partial charge in [-0.3, -0.25) is 14.1 Å². The predicted molar refractivity (Wildman–Crippen MR) is 110 cm³/mol. The average molecular weight is 381 g/mol. The lowest BCUT2D eigenvalue weighted by Gasteiger charge is -2.49. The summed E-state index contributed by atoms with van der Waals surface area (Å²) in [5.41, 5.74) is 4.97. The Morgan fingerprint density at radius 1 is 1.29 bits per heavy atom. The molecule has 5 rings (SSSR count). The fourth-order valence-corrected chi connectivity index (χ4v) is 5.63. The summed E-state index contributed by atoms with van der Waals surface area (Å²) in [5, 5.41) is 1.29. The summed E-state index contributed by atoms with van der Waals surface area (Å²) in [6.45, 7) is 5.34. The van der Waals surface area contributed by atoms with Crippen molar-refractivity contribution in [2.45, 2.75) is 51.2 Å². The van der Waals surface area contributed by atoms with Crippen LogP contribution in [0.1, 0.15) is 37.8 Å². The third kappa shape index (κ3) is 2.63. The van der Waals surface area contributed by atoms with Gasteiger partial charge in [0.15, 0.2) is 0 Å². The van der Waals surface area contributed by atoms with Crippen molar-refractivity contribution in [1.29, 1.82) is 0 Å². The number of likely N-dealkylation sites (tertiary alicyclic amines) is 1. The zero-order chi connectivity index (χ0) is 19.4. The highest BCUT2D eigenvalue weighted by atomic mass is 19.1. The maximum absolute atomic E-state index is 13.3.